The predicted molar refractivity (Wildman–Crippen MR) is 89.1 cm³/mol. The second-order valence-corrected chi connectivity index (χ2v) is 5.66. The molecule has 0 fully saturated rings. The van der Waals surface area contributed by atoms with Crippen LogP contribution in [0.5, 0.6) is 5.75 Å². The van der Waals surface area contributed by atoms with E-state index in [9.17, 15) is 9.18 Å². The number of aromatic nitrogens is 2. The topological polar surface area (TPSA) is 64.1 Å². The first-order valence-electron chi connectivity index (χ1n) is 7.20. The molecule has 1 amide bonds. The lowest BCUT2D eigenvalue weighted by Crippen LogP contribution is -2.29. The Bertz CT molecular complexity index is 807. The van der Waals surface area contributed by atoms with Gasteiger partial charge in [0.15, 0.2) is 6.61 Å². The number of carbonyl (C=O) groups excluding carboxylic acids is 1. The lowest BCUT2D eigenvalue weighted by Gasteiger charge is -2.09. The maximum atomic E-state index is 12.8. The summed E-state index contributed by atoms with van der Waals surface area (Å²) in [5, 5.41) is 6.69. The fraction of sp³-hybridized carbons (Fsp3) is 0.118. The van der Waals surface area contributed by atoms with Gasteiger partial charge in [-0.2, -0.15) is 11.3 Å². The number of nitrogens with zero attached hydrogens (tertiary/aromatic N) is 2. The van der Waals surface area contributed by atoms with Gasteiger partial charge in [0.25, 0.3) is 5.91 Å². The molecule has 0 aliphatic heterocycles. The molecule has 0 aliphatic carbocycles. The third-order valence-corrected chi connectivity index (χ3v) is 3.89. The van der Waals surface area contributed by atoms with Crippen molar-refractivity contribution >= 4 is 17.2 Å². The van der Waals surface area contributed by atoms with E-state index in [1.807, 2.05) is 16.8 Å². The van der Waals surface area contributed by atoms with E-state index in [2.05, 4.69) is 15.3 Å². The van der Waals surface area contributed by atoms with E-state index in [0.717, 1.165) is 11.3 Å². The standard InChI is InChI=1S/C17H14FN3O2S/c18-13-1-3-14(4-2-13)23-10-16(22)21-9-15-17(20-7-6-19-15)12-5-8-24-11-12/h1-8,11H,9-10H2,(H,21,22). The summed E-state index contributed by atoms with van der Waals surface area (Å²) in [6, 6.07) is 7.46. The van der Waals surface area contributed by atoms with Crippen LogP contribution in [0.25, 0.3) is 11.3 Å². The Kier molecular flexibility index (Phi) is 5.12. The maximum absolute atomic E-state index is 12.8. The highest BCUT2D eigenvalue weighted by molar-refractivity contribution is 7.08. The summed E-state index contributed by atoms with van der Waals surface area (Å²) in [4.78, 5) is 20.5. The van der Waals surface area contributed by atoms with Gasteiger partial charge in [0.2, 0.25) is 0 Å². The van der Waals surface area contributed by atoms with Crippen molar-refractivity contribution in [2.75, 3.05) is 6.61 Å². The zero-order chi connectivity index (χ0) is 16.8. The van der Waals surface area contributed by atoms with Crippen molar-refractivity contribution in [3.63, 3.8) is 0 Å². The molecule has 0 saturated heterocycles. The third-order valence-electron chi connectivity index (χ3n) is 3.21. The zero-order valence-electron chi connectivity index (χ0n) is 12.6. The van der Waals surface area contributed by atoms with Gasteiger partial charge in [-0.15, -0.1) is 0 Å². The van der Waals surface area contributed by atoms with Gasteiger partial charge in [-0.05, 0) is 35.7 Å². The predicted octanol–water partition coefficient (Wildman–Crippen LogP) is 3.04. The first kappa shape index (κ1) is 16.1. The Balaban J connectivity index is 1.56. The Morgan fingerprint density at radius 3 is 2.71 bits per heavy atom. The van der Waals surface area contributed by atoms with Crippen molar-refractivity contribution in [3.8, 4) is 17.0 Å². The minimum absolute atomic E-state index is 0.153. The number of thiophene rings is 1. The Morgan fingerprint density at radius 2 is 1.96 bits per heavy atom. The molecular formula is C17H14FN3O2S. The molecule has 1 N–H and O–H groups in total. The molecule has 0 radical (unpaired) electrons. The minimum atomic E-state index is -0.351. The number of benzene rings is 1. The van der Waals surface area contributed by atoms with E-state index < -0.39 is 0 Å². The second-order valence-electron chi connectivity index (χ2n) is 4.88. The average molecular weight is 343 g/mol. The van der Waals surface area contributed by atoms with Crippen molar-refractivity contribution in [1.29, 1.82) is 0 Å². The largest absolute Gasteiger partial charge is 0.484 e. The molecule has 0 spiro atoms. The minimum Gasteiger partial charge on any atom is -0.484 e. The lowest BCUT2D eigenvalue weighted by atomic mass is 10.2. The molecule has 0 atom stereocenters. The number of rotatable bonds is 6. The van der Waals surface area contributed by atoms with E-state index >= 15 is 0 Å². The van der Waals surface area contributed by atoms with Gasteiger partial charge in [0.05, 0.1) is 17.9 Å². The van der Waals surface area contributed by atoms with Gasteiger partial charge >= 0.3 is 0 Å². The third kappa shape index (κ3) is 4.14. The number of carbonyl (C=O) groups is 1. The van der Waals surface area contributed by atoms with Crippen molar-refractivity contribution in [1.82, 2.24) is 15.3 Å². The molecule has 122 valence electrons. The molecule has 2 heterocycles. The summed E-state index contributed by atoms with van der Waals surface area (Å²) in [5.74, 6) is -0.207. The van der Waals surface area contributed by atoms with E-state index in [1.54, 1.807) is 23.7 Å². The van der Waals surface area contributed by atoms with Crippen molar-refractivity contribution in [3.05, 3.63) is 65.0 Å². The van der Waals surface area contributed by atoms with Gasteiger partial charge in [-0.3, -0.25) is 14.8 Å². The number of hydrogen-bond acceptors (Lipinski definition) is 5. The van der Waals surface area contributed by atoms with Crippen LogP contribution in [0.1, 0.15) is 5.69 Å². The molecule has 3 rings (SSSR count). The molecule has 24 heavy (non-hydrogen) atoms. The van der Waals surface area contributed by atoms with E-state index in [1.165, 1.54) is 24.3 Å². The summed E-state index contributed by atoms with van der Waals surface area (Å²) < 4.78 is 18.1. The molecule has 5 nitrogen and oxygen atoms in total. The summed E-state index contributed by atoms with van der Waals surface area (Å²) >= 11 is 1.57. The van der Waals surface area contributed by atoms with Gasteiger partial charge in [0.1, 0.15) is 11.6 Å². The molecular weight excluding hydrogens is 329 g/mol. The van der Waals surface area contributed by atoms with Crippen LogP contribution in [0.3, 0.4) is 0 Å². The molecule has 3 aromatic rings. The zero-order valence-corrected chi connectivity index (χ0v) is 13.4. The second kappa shape index (κ2) is 7.65. The van der Waals surface area contributed by atoms with Gasteiger partial charge in [-0.25, -0.2) is 4.39 Å². The van der Waals surface area contributed by atoms with Crippen LogP contribution < -0.4 is 10.1 Å². The van der Waals surface area contributed by atoms with Crippen LogP contribution >= 0.6 is 11.3 Å². The van der Waals surface area contributed by atoms with Gasteiger partial charge in [0, 0.05) is 23.3 Å². The molecule has 0 bridgehead atoms. The number of nitrogens with one attached hydrogen (secondary N) is 1. The number of halogens is 1. The summed E-state index contributed by atoms with van der Waals surface area (Å²) in [7, 11) is 0. The first-order valence-corrected chi connectivity index (χ1v) is 8.14. The highest BCUT2D eigenvalue weighted by atomic mass is 32.1. The first-order chi connectivity index (χ1) is 11.7. The number of hydrogen-bond donors (Lipinski definition) is 1. The van der Waals surface area contributed by atoms with Crippen molar-refractivity contribution in [2.45, 2.75) is 6.54 Å². The SMILES string of the molecule is O=C(COc1ccc(F)cc1)NCc1nccnc1-c1ccsc1. The molecule has 2 aromatic heterocycles. The normalized spacial score (nSPS) is 10.4. The van der Waals surface area contributed by atoms with E-state index in [4.69, 9.17) is 4.74 Å². The van der Waals surface area contributed by atoms with Crippen molar-refractivity contribution in [2.24, 2.45) is 0 Å². The van der Waals surface area contributed by atoms with Crippen LogP contribution in [0.15, 0.2) is 53.5 Å². The monoisotopic (exact) mass is 343 g/mol. The molecule has 0 saturated carbocycles. The van der Waals surface area contributed by atoms with Crippen LogP contribution in [0.2, 0.25) is 0 Å². The molecule has 1 aromatic carbocycles. The highest BCUT2D eigenvalue weighted by Gasteiger charge is 2.10. The Morgan fingerprint density at radius 1 is 1.17 bits per heavy atom. The fourth-order valence-electron chi connectivity index (χ4n) is 2.05. The van der Waals surface area contributed by atoms with Gasteiger partial charge < -0.3 is 10.1 Å². The highest BCUT2D eigenvalue weighted by Crippen LogP contribution is 2.22. The van der Waals surface area contributed by atoms with Gasteiger partial charge in [-0.1, -0.05) is 0 Å². The number of ether oxygens (including phenoxy) is 1. The summed E-state index contributed by atoms with van der Waals surface area (Å²) in [6.07, 6.45) is 3.21. The summed E-state index contributed by atoms with van der Waals surface area (Å²) in [6.45, 7) is 0.101. The van der Waals surface area contributed by atoms with Crippen LogP contribution in [-0.2, 0) is 11.3 Å². The maximum Gasteiger partial charge on any atom is 0.258 e. The van der Waals surface area contributed by atoms with Crippen LogP contribution in [-0.4, -0.2) is 22.5 Å². The van der Waals surface area contributed by atoms with Crippen LogP contribution in [0.4, 0.5) is 4.39 Å². The lowest BCUT2D eigenvalue weighted by molar-refractivity contribution is -0.123. The van der Waals surface area contributed by atoms with Crippen molar-refractivity contribution < 1.29 is 13.9 Å². The Labute approximate surface area is 142 Å². The van der Waals surface area contributed by atoms with E-state index in [-0.39, 0.29) is 24.9 Å². The van der Waals surface area contributed by atoms with E-state index in [0.29, 0.717) is 11.4 Å². The molecule has 0 unspecified atom stereocenters. The van der Waals surface area contributed by atoms with Crippen LogP contribution in [0, 0.1) is 5.82 Å². The quantitative estimate of drug-likeness (QED) is 0.747. The number of amides is 1. The fourth-order valence-corrected chi connectivity index (χ4v) is 2.69. The molecule has 7 heteroatoms. The summed E-state index contributed by atoms with van der Waals surface area (Å²) in [5.41, 5.74) is 2.41. The average Bonchev–Trinajstić information content (AvgIpc) is 3.14. The molecule has 0 aliphatic rings. The smallest absolute Gasteiger partial charge is 0.258 e. The Hall–Kier alpha value is -2.80.